The van der Waals surface area contributed by atoms with Crippen LogP contribution in [-0.4, -0.2) is 15.7 Å². The summed E-state index contributed by atoms with van der Waals surface area (Å²) in [5.41, 5.74) is 2.79. The van der Waals surface area contributed by atoms with Gasteiger partial charge >= 0.3 is 0 Å². The van der Waals surface area contributed by atoms with E-state index in [1.807, 2.05) is 62.4 Å². The Kier molecular flexibility index (Phi) is 4.35. The van der Waals surface area contributed by atoms with Crippen LogP contribution in [0.1, 0.15) is 24.2 Å². The Morgan fingerprint density at radius 2 is 1.91 bits per heavy atom. The van der Waals surface area contributed by atoms with Crippen molar-refractivity contribution in [2.24, 2.45) is 0 Å². The topological polar surface area (TPSA) is 46.9 Å². The number of carbonyl (C=O) groups excluding carboxylic acids is 1. The van der Waals surface area contributed by atoms with Crippen molar-refractivity contribution in [1.29, 1.82) is 0 Å². The van der Waals surface area contributed by atoms with Gasteiger partial charge in [-0.25, -0.2) is 0 Å². The molecule has 1 atom stereocenters. The van der Waals surface area contributed by atoms with Gasteiger partial charge in [-0.3, -0.25) is 9.48 Å². The summed E-state index contributed by atoms with van der Waals surface area (Å²) in [7, 11) is 0. The van der Waals surface area contributed by atoms with E-state index in [1.165, 1.54) is 0 Å². The molecule has 0 aliphatic heterocycles. The van der Waals surface area contributed by atoms with Gasteiger partial charge in [-0.15, -0.1) is 0 Å². The minimum absolute atomic E-state index is 0.0850. The smallest absolute Gasteiger partial charge is 0.244 e. The number of carbonyl (C=O) groups is 1. The quantitative estimate of drug-likeness (QED) is 0.790. The third-order valence-corrected chi connectivity index (χ3v) is 4.32. The van der Waals surface area contributed by atoms with E-state index in [9.17, 15) is 4.79 Å². The predicted molar refractivity (Wildman–Crippen MR) is 92.5 cm³/mol. The fraction of sp³-hybridized carbons (Fsp3) is 0.222. The maximum atomic E-state index is 12.5. The Morgan fingerprint density at radius 3 is 2.70 bits per heavy atom. The Labute approximate surface area is 140 Å². The molecule has 5 heteroatoms. The van der Waals surface area contributed by atoms with E-state index in [-0.39, 0.29) is 5.91 Å². The van der Waals surface area contributed by atoms with Crippen LogP contribution >= 0.6 is 11.6 Å². The van der Waals surface area contributed by atoms with E-state index < -0.39 is 6.04 Å². The van der Waals surface area contributed by atoms with Crippen molar-refractivity contribution in [2.45, 2.75) is 26.4 Å². The Morgan fingerprint density at radius 1 is 1.22 bits per heavy atom. The number of benzene rings is 2. The molecule has 0 aliphatic carbocycles. The molecule has 1 heterocycles. The van der Waals surface area contributed by atoms with Crippen LogP contribution in [0.15, 0.2) is 48.5 Å². The number of hydrogen-bond acceptors (Lipinski definition) is 2. The van der Waals surface area contributed by atoms with Gasteiger partial charge in [0.15, 0.2) is 0 Å². The molecule has 0 bridgehead atoms. The van der Waals surface area contributed by atoms with E-state index in [0.717, 1.165) is 22.2 Å². The van der Waals surface area contributed by atoms with Crippen LogP contribution in [-0.2, 0) is 11.3 Å². The van der Waals surface area contributed by atoms with E-state index >= 15 is 0 Å². The number of halogens is 1. The fourth-order valence-corrected chi connectivity index (χ4v) is 2.83. The number of aromatic nitrogens is 2. The number of rotatable bonds is 4. The second-order valence-corrected chi connectivity index (χ2v) is 5.94. The summed E-state index contributed by atoms with van der Waals surface area (Å²) in [4.78, 5) is 12.5. The van der Waals surface area contributed by atoms with Gasteiger partial charge < -0.3 is 5.32 Å². The van der Waals surface area contributed by atoms with Gasteiger partial charge in [0.1, 0.15) is 6.04 Å². The third-order valence-electron chi connectivity index (χ3n) is 3.96. The normalized spacial score (nSPS) is 12.3. The number of nitrogens with zero attached hydrogens (tertiary/aromatic N) is 2. The minimum Gasteiger partial charge on any atom is -0.350 e. The van der Waals surface area contributed by atoms with Crippen molar-refractivity contribution in [3.05, 3.63) is 64.8 Å². The van der Waals surface area contributed by atoms with Crippen LogP contribution in [0.3, 0.4) is 0 Å². The maximum Gasteiger partial charge on any atom is 0.244 e. The predicted octanol–water partition coefficient (Wildman–Crippen LogP) is 3.88. The number of fused-ring (bicyclic) bond motifs is 1. The number of hydrogen-bond donors (Lipinski definition) is 1. The first-order chi connectivity index (χ1) is 11.1. The first kappa shape index (κ1) is 15.6. The lowest BCUT2D eigenvalue weighted by molar-refractivity contribution is -0.124. The molecule has 1 N–H and O–H groups in total. The van der Waals surface area contributed by atoms with Crippen molar-refractivity contribution >= 4 is 28.4 Å². The molecule has 0 saturated carbocycles. The molecule has 0 fully saturated rings. The lowest BCUT2D eigenvalue weighted by atomic mass is 10.2. The average Bonchev–Trinajstić information content (AvgIpc) is 2.90. The fourth-order valence-electron chi connectivity index (χ4n) is 2.63. The summed E-state index contributed by atoms with van der Waals surface area (Å²) in [5.74, 6) is -0.0850. The molecule has 4 nitrogen and oxygen atoms in total. The number of aryl methyl sites for hydroxylation is 1. The first-order valence-corrected chi connectivity index (χ1v) is 7.90. The zero-order valence-corrected chi connectivity index (χ0v) is 13.8. The average molecular weight is 328 g/mol. The van der Waals surface area contributed by atoms with Crippen LogP contribution in [0.5, 0.6) is 0 Å². The molecule has 2 aromatic carbocycles. The van der Waals surface area contributed by atoms with E-state index in [1.54, 1.807) is 4.68 Å². The molecule has 1 amide bonds. The summed E-state index contributed by atoms with van der Waals surface area (Å²) >= 11 is 6.12. The first-order valence-electron chi connectivity index (χ1n) is 7.53. The van der Waals surface area contributed by atoms with Crippen molar-refractivity contribution in [2.75, 3.05) is 0 Å². The number of para-hydroxylation sites is 1. The van der Waals surface area contributed by atoms with E-state index in [4.69, 9.17) is 11.6 Å². The molecule has 3 rings (SSSR count). The molecule has 0 unspecified atom stereocenters. The molecule has 0 saturated heterocycles. The standard InChI is InChI=1S/C18H18ClN3O/c1-12-15-8-4-6-10-17(15)22(21-12)13(2)18(23)20-11-14-7-3-5-9-16(14)19/h3-10,13H,11H2,1-2H3,(H,20,23)/t13-/m0/s1. The summed E-state index contributed by atoms with van der Waals surface area (Å²) in [5, 5.41) is 9.16. The minimum atomic E-state index is -0.393. The summed E-state index contributed by atoms with van der Waals surface area (Å²) < 4.78 is 1.77. The molecule has 3 aromatic rings. The molecular formula is C18H18ClN3O. The SMILES string of the molecule is Cc1nn([C@@H](C)C(=O)NCc2ccccc2Cl)c2ccccc12. The molecule has 23 heavy (non-hydrogen) atoms. The van der Waals surface area contributed by atoms with Gasteiger partial charge in [0.05, 0.1) is 11.2 Å². The van der Waals surface area contributed by atoms with Crippen molar-refractivity contribution in [1.82, 2.24) is 15.1 Å². The molecule has 0 aliphatic rings. The zero-order valence-electron chi connectivity index (χ0n) is 13.1. The van der Waals surface area contributed by atoms with Crippen LogP contribution in [0.2, 0.25) is 5.02 Å². The molecule has 0 radical (unpaired) electrons. The number of amides is 1. The van der Waals surface area contributed by atoms with Gasteiger partial charge in [0.25, 0.3) is 0 Å². The van der Waals surface area contributed by atoms with Crippen LogP contribution in [0.4, 0.5) is 0 Å². The number of nitrogens with one attached hydrogen (secondary N) is 1. The van der Waals surface area contributed by atoms with Crippen molar-refractivity contribution in [3.8, 4) is 0 Å². The highest BCUT2D eigenvalue weighted by molar-refractivity contribution is 6.31. The lowest BCUT2D eigenvalue weighted by Gasteiger charge is -2.14. The molecule has 1 aromatic heterocycles. The van der Waals surface area contributed by atoms with Crippen molar-refractivity contribution in [3.63, 3.8) is 0 Å². The summed E-state index contributed by atoms with van der Waals surface area (Å²) in [6, 6.07) is 15.0. The van der Waals surface area contributed by atoms with Crippen LogP contribution in [0, 0.1) is 6.92 Å². The van der Waals surface area contributed by atoms with Gasteiger partial charge in [-0.2, -0.15) is 5.10 Å². The molecule has 118 valence electrons. The van der Waals surface area contributed by atoms with E-state index in [0.29, 0.717) is 11.6 Å². The highest BCUT2D eigenvalue weighted by Gasteiger charge is 2.19. The molecular weight excluding hydrogens is 310 g/mol. The largest absolute Gasteiger partial charge is 0.350 e. The summed E-state index contributed by atoms with van der Waals surface area (Å²) in [6.07, 6.45) is 0. The highest BCUT2D eigenvalue weighted by Crippen LogP contribution is 2.21. The third kappa shape index (κ3) is 3.08. The zero-order chi connectivity index (χ0) is 16.4. The highest BCUT2D eigenvalue weighted by atomic mass is 35.5. The van der Waals surface area contributed by atoms with Gasteiger partial charge in [-0.05, 0) is 31.5 Å². The second kappa shape index (κ2) is 6.42. The molecule has 0 spiro atoms. The van der Waals surface area contributed by atoms with Crippen LogP contribution in [0.25, 0.3) is 10.9 Å². The summed E-state index contributed by atoms with van der Waals surface area (Å²) in [6.45, 7) is 4.20. The van der Waals surface area contributed by atoms with E-state index in [2.05, 4.69) is 10.4 Å². The van der Waals surface area contributed by atoms with Crippen molar-refractivity contribution < 1.29 is 4.79 Å². The van der Waals surface area contributed by atoms with Crippen LogP contribution < -0.4 is 5.32 Å². The lowest BCUT2D eigenvalue weighted by Crippen LogP contribution is -2.31. The Hall–Kier alpha value is -2.33. The second-order valence-electron chi connectivity index (χ2n) is 5.53. The van der Waals surface area contributed by atoms with Gasteiger partial charge in [0.2, 0.25) is 5.91 Å². The maximum absolute atomic E-state index is 12.5. The Bertz CT molecular complexity index is 856. The Balaban J connectivity index is 1.78. The monoisotopic (exact) mass is 327 g/mol. The van der Waals surface area contributed by atoms with Gasteiger partial charge in [-0.1, -0.05) is 48.0 Å². The van der Waals surface area contributed by atoms with Gasteiger partial charge in [0, 0.05) is 17.0 Å².